The fraction of sp³-hybridized carbons (Fsp3) is 0.105. The van der Waals surface area contributed by atoms with Gasteiger partial charge in [0, 0.05) is 11.2 Å². The van der Waals surface area contributed by atoms with Crippen LogP contribution in [0.3, 0.4) is 0 Å². The zero-order valence-corrected chi connectivity index (χ0v) is 19.1. The van der Waals surface area contributed by atoms with Crippen molar-refractivity contribution in [2.45, 2.75) is 13.1 Å². The quantitative estimate of drug-likeness (QED) is 0.260. The van der Waals surface area contributed by atoms with Crippen LogP contribution >= 0.6 is 39.1 Å². The Morgan fingerprint density at radius 1 is 1.09 bits per heavy atom. The standard InChI is InChI=1S/C19H13BrCl2N6O4/c20-13-9-27(25-18(13)28(30)31)8-12-5-6-16(32-12)19(29)23-17-15(22)10-26(24-17)7-11-3-1-2-4-14(11)21/h1-6,9-10H,7-8H2,(H,23,24,29). The molecule has 1 N–H and O–H groups in total. The van der Waals surface area contributed by atoms with Crippen LogP contribution < -0.4 is 5.32 Å². The maximum atomic E-state index is 12.5. The third kappa shape index (κ3) is 4.85. The number of amides is 1. The van der Waals surface area contributed by atoms with Crippen LogP contribution in [-0.2, 0) is 13.1 Å². The summed E-state index contributed by atoms with van der Waals surface area (Å²) in [5.41, 5.74) is 0.854. The molecule has 0 radical (unpaired) electrons. The second kappa shape index (κ2) is 9.15. The highest BCUT2D eigenvalue weighted by atomic mass is 79.9. The first kappa shape index (κ1) is 22.1. The van der Waals surface area contributed by atoms with Crippen LogP contribution in [-0.4, -0.2) is 30.4 Å². The average Bonchev–Trinajstić information content (AvgIpc) is 3.44. The summed E-state index contributed by atoms with van der Waals surface area (Å²) in [4.78, 5) is 22.8. The molecule has 0 unspecified atom stereocenters. The van der Waals surface area contributed by atoms with Crippen LogP contribution in [0.5, 0.6) is 0 Å². The van der Waals surface area contributed by atoms with Gasteiger partial charge in [-0.3, -0.25) is 9.48 Å². The summed E-state index contributed by atoms with van der Waals surface area (Å²) < 4.78 is 8.67. The lowest BCUT2D eigenvalue weighted by Crippen LogP contribution is -2.12. The van der Waals surface area contributed by atoms with Gasteiger partial charge < -0.3 is 19.8 Å². The Labute approximate surface area is 199 Å². The number of nitrogens with one attached hydrogen (secondary N) is 1. The van der Waals surface area contributed by atoms with Gasteiger partial charge in [0.25, 0.3) is 5.91 Å². The topological polar surface area (TPSA) is 121 Å². The van der Waals surface area contributed by atoms with Crippen molar-refractivity contribution in [3.63, 3.8) is 0 Å². The lowest BCUT2D eigenvalue weighted by atomic mass is 10.2. The normalized spacial score (nSPS) is 11.0. The molecule has 13 heteroatoms. The van der Waals surface area contributed by atoms with E-state index in [0.29, 0.717) is 17.3 Å². The Kier molecular flexibility index (Phi) is 6.31. The fourth-order valence-corrected chi connectivity index (χ4v) is 3.72. The van der Waals surface area contributed by atoms with Crippen molar-refractivity contribution >= 4 is 56.7 Å². The molecule has 164 valence electrons. The van der Waals surface area contributed by atoms with Gasteiger partial charge in [0.15, 0.2) is 11.6 Å². The van der Waals surface area contributed by atoms with E-state index in [4.69, 9.17) is 27.6 Å². The van der Waals surface area contributed by atoms with Crippen molar-refractivity contribution in [3.05, 3.63) is 90.5 Å². The van der Waals surface area contributed by atoms with Crippen LogP contribution in [0.4, 0.5) is 11.6 Å². The minimum atomic E-state index is -0.601. The first-order valence-electron chi connectivity index (χ1n) is 9.04. The predicted molar refractivity (Wildman–Crippen MR) is 120 cm³/mol. The van der Waals surface area contributed by atoms with E-state index in [0.717, 1.165) is 5.56 Å². The second-order valence-electron chi connectivity index (χ2n) is 6.59. The molecule has 3 aromatic heterocycles. The smallest absolute Gasteiger partial charge is 0.404 e. The van der Waals surface area contributed by atoms with Crippen molar-refractivity contribution in [1.82, 2.24) is 19.6 Å². The highest BCUT2D eigenvalue weighted by molar-refractivity contribution is 9.10. The fourth-order valence-electron chi connectivity index (χ4n) is 2.87. The number of carbonyl (C=O) groups is 1. The van der Waals surface area contributed by atoms with Gasteiger partial charge in [0.2, 0.25) is 0 Å². The summed E-state index contributed by atoms with van der Waals surface area (Å²) in [6.45, 7) is 0.485. The van der Waals surface area contributed by atoms with Crippen molar-refractivity contribution in [3.8, 4) is 0 Å². The van der Waals surface area contributed by atoms with E-state index < -0.39 is 10.8 Å². The SMILES string of the molecule is O=C(Nc1nn(Cc2ccccc2Cl)cc1Cl)c1ccc(Cn2cc(Br)c([N+](=O)[O-])n2)o1. The van der Waals surface area contributed by atoms with Crippen LogP contribution in [0.15, 0.2) is 57.7 Å². The Balaban J connectivity index is 1.43. The molecule has 0 aliphatic carbocycles. The van der Waals surface area contributed by atoms with Gasteiger partial charge in [-0.1, -0.05) is 41.4 Å². The molecule has 32 heavy (non-hydrogen) atoms. The zero-order valence-electron chi connectivity index (χ0n) is 16.0. The molecule has 3 heterocycles. The van der Waals surface area contributed by atoms with E-state index in [-0.39, 0.29) is 33.4 Å². The molecule has 0 fully saturated rings. The molecule has 0 saturated heterocycles. The zero-order chi connectivity index (χ0) is 22.8. The molecule has 1 amide bonds. The third-order valence-corrected chi connectivity index (χ3v) is 5.52. The molecule has 0 aliphatic heterocycles. The maximum Gasteiger partial charge on any atom is 0.404 e. The van der Waals surface area contributed by atoms with E-state index in [1.807, 2.05) is 18.2 Å². The number of aromatic nitrogens is 4. The van der Waals surface area contributed by atoms with Gasteiger partial charge in [-0.25, -0.2) is 0 Å². The maximum absolute atomic E-state index is 12.5. The Hall–Kier alpha value is -3.15. The van der Waals surface area contributed by atoms with E-state index >= 15 is 0 Å². The Morgan fingerprint density at radius 3 is 2.56 bits per heavy atom. The van der Waals surface area contributed by atoms with Gasteiger partial charge in [-0.05, 0) is 44.6 Å². The average molecular weight is 540 g/mol. The summed E-state index contributed by atoms with van der Waals surface area (Å²) in [6, 6.07) is 10.4. The number of hydrogen-bond donors (Lipinski definition) is 1. The van der Waals surface area contributed by atoms with Gasteiger partial charge in [-0.15, -0.1) is 0 Å². The van der Waals surface area contributed by atoms with Gasteiger partial charge in [0.1, 0.15) is 21.8 Å². The van der Waals surface area contributed by atoms with Crippen LogP contribution in [0.25, 0.3) is 0 Å². The molecule has 0 aliphatic rings. The molecule has 4 aromatic rings. The van der Waals surface area contributed by atoms with Crippen molar-refractivity contribution in [2.75, 3.05) is 5.32 Å². The number of benzene rings is 1. The number of carbonyl (C=O) groups excluding carboxylic acids is 1. The van der Waals surface area contributed by atoms with Crippen molar-refractivity contribution in [2.24, 2.45) is 0 Å². The molecule has 4 rings (SSSR count). The summed E-state index contributed by atoms with van der Waals surface area (Å²) in [5.74, 6) is -0.272. The van der Waals surface area contributed by atoms with Crippen LogP contribution in [0.2, 0.25) is 10.0 Å². The molecule has 1 aromatic carbocycles. The Morgan fingerprint density at radius 2 is 1.84 bits per heavy atom. The van der Waals surface area contributed by atoms with Gasteiger partial charge in [0.05, 0.1) is 17.8 Å². The molecular formula is C19H13BrCl2N6O4. The van der Waals surface area contributed by atoms with Crippen molar-refractivity contribution < 1.29 is 14.1 Å². The molecule has 10 nitrogen and oxygen atoms in total. The van der Waals surface area contributed by atoms with Crippen LogP contribution in [0.1, 0.15) is 21.9 Å². The lowest BCUT2D eigenvalue weighted by Gasteiger charge is -2.04. The largest absolute Gasteiger partial charge is 0.454 e. The Bertz CT molecular complexity index is 1310. The minimum Gasteiger partial charge on any atom is -0.454 e. The molecule has 0 atom stereocenters. The van der Waals surface area contributed by atoms with E-state index in [9.17, 15) is 14.9 Å². The van der Waals surface area contributed by atoms with E-state index in [2.05, 4.69) is 31.4 Å². The van der Waals surface area contributed by atoms with E-state index in [1.165, 1.54) is 16.9 Å². The summed E-state index contributed by atoms with van der Waals surface area (Å²) in [7, 11) is 0. The number of rotatable bonds is 7. The number of hydrogen-bond acceptors (Lipinski definition) is 6. The molecule has 0 spiro atoms. The van der Waals surface area contributed by atoms with Crippen molar-refractivity contribution in [1.29, 1.82) is 0 Å². The first-order valence-corrected chi connectivity index (χ1v) is 10.6. The highest BCUT2D eigenvalue weighted by Crippen LogP contribution is 2.24. The molecular weight excluding hydrogens is 527 g/mol. The number of anilines is 1. The van der Waals surface area contributed by atoms with Gasteiger partial charge >= 0.3 is 5.82 Å². The monoisotopic (exact) mass is 538 g/mol. The molecule has 0 saturated carbocycles. The highest BCUT2D eigenvalue weighted by Gasteiger charge is 2.20. The summed E-state index contributed by atoms with van der Waals surface area (Å²) in [6.07, 6.45) is 3.03. The number of nitrogens with zero attached hydrogens (tertiary/aromatic N) is 5. The summed E-state index contributed by atoms with van der Waals surface area (Å²) >= 11 is 15.5. The van der Waals surface area contributed by atoms with Gasteiger partial charge in [-0.2, -0.15) is 9.78 Å². The lowest BCUT2D eigenvalue weighted by molar-refractivity contribution is -0.390. The summed E-state index contributed by atoms with van der Waals surface area (Å²) in [5, 5.41) is 22.5. The first-order chi connectivity index (χ1) is 15.3. The number of nitro groups is 1. The second-order valence-corrected chi connectivity index (χ2v) is 8.26. The van der Waals surface area contributed by atoms with Crippen LogP contribution in [0, 0.1) is 10.1 Å². The van der Waals surface area contributed by atoms with E-state index in [1.54, 1.807) is 23.0 Å². The molecule has 0 bridgehead atoms. The predicted octanol–water partition coefficient (Wildman–Crippen LogP) is 5.00. The third-order valence-electron chi connectivity index (χ3n) is 4.31. The number of halogens is 3. The number of furan rings is 1. The minimum absolute atomic E-state index is 0.0254.